The van der Waals surface area contributed by atoms with Gasteiger partial charge in [0.15, 0.2) is 6.61 Å². The van der Waals surface area contributed by atoms with Gasteiger partial charge in [0.1, 0.15) is 11.3 Å². The second-order valence-electron chi connectivity index (χ2n) is 5.63. The highest BCUT2D eigenvalue weighted by atomic mass is 16.5. The van der Waals surface area contributed by atoms with E-state index in [-0.39, 0.29) is 12.1 Å². The molecule has 0 fully saturated rings. The Hall–Kier alpha value is -3.16. The molecule has 25 heavy (non-hydrogen) atoms. The first-order valence-electron chi connectivity index (χ1n) is 7.54. The van der Waals surface area contributed by atoms with Crippen LogP contribution in [0.3, 0.4) is 0 Å². The van der Waals surface area contributed by atoms with Crippen LogP contribution in [0.1, 0.15) is 27.2 Å². The van der Waals surface area contributed by atoms with E-state index in [9.17, 15) is 14.4 Å². The number of nitrogens with zero attached hydrogens (tertiary/aromatic N) is 2. The van der Waals surface area contributed by atoms with Crippen LogP contribution < -0.4 is 10.3 Å². The van der Waals surface area contributed by atoms with Gasteiger partial charge in [-0.15, -0.1) is 0 Å². The van der Waals surface area contributed by atoms with E-state index >= 15 is 0 Å². The number of ether oxygens (including phenoxy) is 1. The quantitative estimate of drug-likeness (QED) is 0.811. The molecule has 0 saturated heterocycles. The van der Waals surface area contributed by atoms with Gasteiger partial charge in [0.05, 0.1) is 5.69 Å². The number of amides is 1. The van der Waals surface area contributed by atoms with Crippen LogP contribution in [0, 0.1) is 13.8 Å². The van der Waals surface area contributed by atoms with E-state index < -0.39 is 24.0 Å². The number of carboxylic acid groups (broad SMARTS) is 1. The van der Waals surface area contributed by atoms with Gasteiger partial charge in [0.25, 0.3) is 11.5 Å². The molecule has 132 valence electrons. The van der Waals surface area contributed by atoms with E-state index in [2.05, 4.69) is 10.2 Å². The fourth-order valence-electron chi connectivity index (χ4n) is 2.26. The smallest absolute Gasteiger partial charge is 0.341 e. The van der Waals surface area contributed by atoms with Gasteiger partial charge in [-0.2, -0.15) is 5.10 Å². The molecule has 0 saturated carbocycles. The number of aromatic nitrogens is 2. The summed E-state index contributed by atoms with van der Waals surface area (Å²) in [4.78, 5) is 36.4. The molecule has 1 heterocycles. The van der Waals surface area contributed by atoms with Crippen LogP contribution in [0.15, 0.2) is 29.1 Å². The molecule has 0 atom stereocenters. The Labute approximate surface area is 144 Å². The maximum absolute atomic E-state index is 12.6. The molecule has 0 aliphatic carbocycles. The molecule has 1 aromatic heterocycles. The number of benzene rings is 1. The normalized spacial score (nSPS) is 10.4. The van der Waals surface area contributed by atoms with Crippen molar-refractivity contribution < 1.29 is 19.4 Å². The maximum atomic E-state index is 12.6. The van der Waals surface area contributed by atoms with Crippen LogP contribution >= 0.6 is 0 Å². The minimum atomic E-state index is -1.05. The molecule has 8 nitrogen and oxygen atoms in total. The van der Waals surface area contributed by atoms with E-state index in [1.54, 1.807) is 45.2 Å². The second-order valence-corrected chi connectivity index (χ2v) is 5.63. The molecule has 2 N–H and O–H groups in total. The molecule has 0 spiro atoms. The van der Waals surface area contributed by atoms with Crippen LogP contribution in [0.25, 0.3) is 0 Å². The number of carbonyl (C=O) groups is 2. The zero-order chi connectivity index (χ0) is 18.6. The van der Waals surface area contributed by atoms with E-state index in [4.69, 9.17) is 9.84 Å². The van der Waals surface area contributed by atoms with Crippen molar-refractivity contribution in [3.05, 3.63) is 57.0 Å². The van der Waals surface area contributed by atoms with Gasteiger partial charge in [-0.1, -0.05) is 12.1 Å². The van der Waals surface area contributed by atoms with E-state index in [0.717, 1.165) is 5.56 Å². The van der Waals surface area contributed by atoms with Gasteiger partial charge < -0.3 is 14.7 Å². The summed E-state index contributed by atoms with van der Waals surface area (Å²) in [5.74, 6) is -1.02. The lowest BCUT2D eigenvalue weighted by atomic mass is 10.1. The summed E-state index contributed by atoms with van der Waals surface area (Å²) in [6.45, 7) is 3.28. The topological polar surface area (TPSA) is 113 Å². The van der Waals surface area contributed by atoms with Crippen molar-refractivity contribution in [3.63, 3.8) is 0 Å². The third kappa shape index (κ3) is 4.43. The zero-order valence-corrected chi connectivity index (χ0v) is 14.2. The van der Waals surface area contributed by atoms with Crippen LogP contribution in [-0.4, -0.2) is 45.7 Å². The zero-order valence-electron chi connectivity index (χ0n) is 14.2. The van der Waals surface area contributed by atoms with Crippen molar-refractivity contribution in [2.45, 2.75) is 20.4 Å². The number of carboxylic acids is 1. The summed E-state index contributed by atoms with van der Waals surface area (Å²) in [5, 5.41) is 14.7. The lowest BCUT2D eigenvalue weighted by Gasteiger charge is -2.18. The Bertz CT molecular complexity index is 842. The summed E-state index contributed by atoms with van der Waals surface area (Å²) in [7, 11) is 1.60. The number of hydrogen-bond donors (Lipinski definition) is 2. The Kier molecular flexibility index (Phi) is 5.53. The SMILES string of the molecule is Cc1n[nH]c(=O)c(C(=O)N(C)Cc2ccc(OCC(=O)O)cc2)c1C. The summed E-state index contributed by atoms with van der Waals surface area (Å²) in [5.41, 5.74) is 1.53. The van der Waals surface area contributed by atoms with Gasteiger partial charge in [-0.05, 0) is 37.1 Å². The van der Waals surface area contributed by atoms with E-state index in [1.807, 2.05) is 0 Å². The van der Waals surface area contributed by atoms with Crippen LogP contribution in [-0.2, 0) is 11.3 Å². The molecule has 0 aliphatic rings. The molecule has 1 amide bonds. The summed E-state index contributed by atoms with van der Waals surface area (Å²) in [6.07, 6.45) is 0. The van der Waals surface area contributed by atoms with Crippen LogP contribution in [0.5, 0.6) is 5.75 Å². The minimum Gasteiger partial charge on any atom is -0.482 e. The number of nitrogens with one attached hydrogen (secondary N) is 1. The predicted molar refractivity (Wildman–Crippen MR) is 89.7 cm³/mol. The highest BCUT2D eigenvalue weighted by molar-refractivity contribution is 5.95. The maximum Gasteiger partial charge on any atom is 0.341 e. The molecule has 0 aliphatic heterocycles. The van der Waals surface area contributed by atoms with Crippen molar-refractivity contribution >= 4 is 11.9 Å². The van der Waals surface area contributed by atoms with Crippen LogP contribution in [0.2, 0.25) is 0 Å². The van der Waals surface area contributed by atoms with E-state index in [0.29, 0.717) is 17.0 Å². The first-order chi connectivity index (χ1) is 11.8. The van der Waals surface area contributed by atoms with Crippen LogP contribution in [0.4, 0.5) is 0 Å². The molecule has 8 heteroatoms. The average Bonchev–Trinajstić information content (AvgIpc) is 2.57. The number of H-pyrrole nitrogens is 1. The number of carbonyl (C=O) groups excluding carboxylic acids is 1. The second kappa shape index (κ2) is 7.61. The number of aliphatic carboxylic acids is 1. The van der Waals surface area contributed by atoms with Gasteiger partial charge in [-0.25, -0.2) is 9.89 Å². The fourth-order valence-corrected chi connectivity index (χ4v) is 2.26. The molecule has 2 rings (SSSR count). The molecular weight excluding hydrogens is 326 g/mol. The summed E-state index contributed by atoms with van der Waals surface area (Å²) < 4.78 is 5.06. The highest BCUT2D eigenvalue weighted by Crippen LogP contribution is 2.15. The van der Waals surface area contributed by atoms with Gasteiger partial charge >= 0.3 is 5.97 Å². The van der Waals surface area contributed by atoms with Crippen molar-refractivity contribution in [3.8, 4) is 5.75 Å². The number of aromatic amines is 1. The van der Waals surface area contributed by atoms with Crippen molar-refractivity contribution in [1.82, 2.24) is 15.1 Å². The lowest BCUT2D eigenvalue weighted by molar-refractivity contribution is -0.139. The standard InChI is InChI=1S/C17H19N3O5/c1-10-11(2)18-19-16(23)15(10)17(24)20(3)8-12-4-6-13(7-5-12)25-9-14(21)22/h4-7H,8-9H2,1-3H3,(H,19,23)(H,21,22). The first kappa shape index (κ1) is 18.2. The Balaban J connectivity index is 2.10. The highest BCUT2D eigenvalue weighted by Gasteiger charge is 2.20. The molecule has 0 radical (unpaired) electrons. The van der Waals surface area contributed by atoms with Gasteiger partial charge in [0, 0.05) is 13.6 Å². The Morgan fingerprint density at radius 1 is 1.24 bits per heavy atom. The predicted octanol–water partition coefficient (Wildman–Crippen LogP) is 1.12. The van der Waals surface area contributed by atoms with Crippen molar-refractivity contribution in [1.29, 1.82) is 0 Å². The van der Waals surface area contributed by atoms with Gasteiger partial charge in [-0.3, -0.25) is 9.59 Å². The van der Waals surface area contributed by atoms with Gasteiger partial charge in [0.2, 0.25) is 0 Å². The van der Waals surface area contributed by atoms with E-state index in [1.165, 1.54) is 4.90 Å². The average molecular weight is 345 g/mol. The molecule has 0 bridgehead atoms. The minimum absolute atomic E-state index is 0.0800. The third-order valence-corrected chi connectivity index (χ3v) is 3.74. The number of aryl methyl sites for hydroxylation is 1. The van der Waals surface area contributed by atoms with Crippen molar-refractivity contribution in [2.75, 3.05) is 13.7 Å². The molecule has 0 unspecified atom stereocenters. The summed E-state index contributed by atoms with van der Waals surface area (Å²) >= 11 is 0. The number of rotatable bonds is 6. The Morgan fingerprint density at radius 3 is 2.48 bits per heavy atom. The Morgan fingerprint density at radius 2 is 1.88 bits per heavy atom. The molecule has 2 aromatic rings. The fraction of sp³-hybridized carbons (Fsp3) is 0.294. The summed E-state index contributed by atoms with van der Waals surface area (Å²) in [6, 6.07) is 6.72. The number of hydrogen-bond acceptors (Lipinski definition) is 5. The first-order valence-corrected chi connectivity index (χ1v) is 7.54. The lowest BCUT2D eigenvalue weighted by Crippen LogP contribution is -2.33. The third-order valence-electron chi connectivity index (χ3n) is 3.74. The molecule has 1 aromatic carbocycles. The monoisotopic (exact) mass is 345 g/mol. The van der Waals surface area contributed by atoms with Crippen molar-refractivity contribution in [2.24, 2.45) is 0 Å². The molecular formula is C17H19N3O5. The largest absolute Gasteiger partial charge is 0.482 e.